The van der Waals surface area contributed by atoms with E-state index in [2.05, 4.69) is 36.9 Å². The quantitative estimate of drug-likeness (QED) is 0.925. The molecule has 2 rings (SSSR count). The number of benzene rings is 1. The van der Waals surface area contributed by atoms with E-state index >= 15 is 0 Å². The van der Waals surface area contributed by atoms with Gasteiger partial charge in [-0.25, -0.2) is 0 Å². The number of amides is 1. The molecule has 1 atom stereocenters. The Bertz CT molecular complexity index is 505. The van der Waals surface area contributed by atoms with Gasteiger partial charge in [-0.3, -0.25) is 4.79 Å². The van der Waals surface area contributed by atoms with Gasteiger partial charge in [0, 0.05) is 31.9 Å². The standard InChI is InChI=1S/C17H27N3O/c1-12(2)16(18)17(21)20-9-7-19(8-10-20)15-11-13(3)5-6-14(15)4/h5-6,11-12,16H,7-10,18H2,1-4H3/t16-/m0/s1. The van der Waals surface area contributed by atoms with Crippen molar-refractivity contribution in [3.05, 3.63) is 29.3 Å². The second kappa shape index (κ2) is 6.48. The van der Waals surface area contributed by atoms with Gasteiger partial charge in [-0.05, 0) is 37.0 Å². The summed E-state index contributed by atoms with van der Waals surface area (Å²) in [5.74, 6) is 0.278. The van der Waals surface area contributed by atoms with Crippen LogP contribution in [0, 0.1) is 19.8 Å². The molecule has 116 valence electrons. The molecule has 1 fully saturated rings. The van der Waals surface area contributed by atoms with Gasteiger partial charge in [0.1, 0.15) is 0 Å². The highest BCUT2D eigenvalue weighted by Gasteiger charge is 2.27. The van der Waals surface area contributed by atoms with Crippen LogP contribution >= 0.6 is 0 Å². The number of carbonyl (C=O) groups is 1. The van der Waals surface area contributed by atoms with E-state index in [1.807, 2.05) is 18.7 Å². The Morgan fingerprint density at radius 1 is 1.14 bits per heavy atom. The third-order valence-corrected chi connectivity index (χ3v) is 4.30. The van der Waals surface area contributed by atoms with Crippen LogP contribution in [-0.2, 0) is 4.79 Å². The molecule has 0 aliphatic carbocycles. The molecule has 0 unspecified atom stereocenters. The van der Waals surface area contributed by atoms with E-state index in [0.717, 1.165) is 26.2 Å². The van der Waals surface area contributed by atoms with Crippen LogP contribution in [-0.4, -0.2) is 43.0 Å². The summed E-state index contributed by atoms with van der Waals surface area (Å²) in [6.45, 7) is 11.5. The van der Waals surface area contributed by atoms with Gasteiger partial charge >= 0.3 is 0 Å². The molecule has 0 saturated carbocycles. The van der Waals surface area contributed by atoms with E-state index in [1.165, 1.54) is 16.8 Å². The first-order valence-electron chi connectivity index (χ1n) is 7.76. The van der Waals surface area contributed by atoms with E-state index in [1.54, 1.807) is 0 Å². The third kappa shape index (κ3) is 3.56. The predicted molar refractivity (Wildman–Crippen MR) is 87.5 cm³/mol. The van der Waals surface area contributed by atoms with E-state index < -0.39 is 0 Å². The van der Waals surface area contributed by atoms with Crippen LogP contribution in [0.25, 0.3) is 0 Å². The number of carbonyl (C=O) groups excluding carboxylic acids is 1. The summed E-state index contributed by atoms with van der Waals surface area (Å²) in [6, 6.07) is 6.15. The summed E-state index contributed by atoms with van der Waals surface area (Å²) in [6.07, 6.45) is 0. The van der Waals surface area contributed by atoms with Crippen molar-refractivity contribution in [2.45, 2.75) is 33.7 Å². The normalized spacial score (nSPS) is 17.2. The van der Waals surface area contributed by atoms with Crippen molar-refractivity contribution in [2.24, 2.45) is 11.7 Å². The minimum Gasteiger partial charge on any atom is -0.368 e. The van der Waals surface area contributed by atoms with E-state index in [-0.39, 0.29) is 17.9 Å². The molecule has 1 aromatic carbocycles. The summed E-state index contributed by atoms with van der Waals surface area (Å²) >= 11 is 0. The van der Waals surface area contributed by atoms with Gasteiger partial charge < -0.3 is 15.5 Å². The van der Waals surface area contributed by atoms with Crippen molar-refractivity contribution >= 4 is 11.6 Å². The van der Waals surface area contributed by atoms with Crippen LogP contribution in [0.2, 0.25) is 0 Å². The molecule has 4 nitrogen and oxygen atoms in total. The van der Waals surface area contributed by atoms with Gasteiger partial charge in [0.25, 0.3) is 0 Å². The highest BCUT2D eigenvalue weighted by atomic mass is 16.2. The minimum absolute atomic E-state index is 0.0885. The van der Waals surface area contributed by atoms with Crippen molar-refractivity contribution < 1.29 is 4.79 Å². The van der Waals surface area contributed by atoms with Crippen LogP contribution in [0.1, 0.15) is 25.0 Å². The molecule has 1 aliphatic heterocycles. The van der Waals surface area contributed by atoms with Gasteiger partial charge in [0.15, 0.2) is 0 Å². The monoisotopic (exact) mass is 289 g/mol. The Morgan fingerprint density at radius 3 is 2.33 bits per heavy atom. The van der Waals surface area contributed by atoms with E-state index in [0.29, 0.717) is 0 Å². The number of nitrogens with zero attached hydrogens (tertiary/aromatic N) is 2. The van der Waals surface area contributed by atoms with Gasteiger partial charge in [-0.15, -0.1) is 0 Å². The Balaban J connectivity index is 2.00. The zero-order valence-electron chi connectivity index (χ0n) is 13.6. The fraction of sp³-hybridized carbons (Fsp3) is 0.588. The topological polar surface area (TPSA) is 49.6 Å². The lowest BCUT2D eigenvalue weighted by molar-refractivity contribution is -0.133. The van der Waals surface area contributed by atoms with Crippen LogP contribution in [0.4, 0.5) is 5.69 Å². The molecule has 0 aromatic heterocycles. The fourth-order valence-electron chi connectivity index (χ4n) is 2.72. The number of piperazine rings is 1. The van der Waals surface area contributed by atoms with Crippen LogP contribution in [0.5, 0.6) is 0 Å². The molecule has 4 heteroatoms. The van der Waals surface area contributed by atoms with E-state index in [9.17, 15) is 4.79 Å². The molecule has 0 bridgehead atoms. The van der Waals surface area contributed by atoms with Gasteiger partial charge in [0.05, 0.1) is 6.04 Å². The lowest BCUT2D eigenvalue weighted by Gasteiger charge is -2.38. The molecular formula is C17H27N3O. The lowest BCUT2D eigenvalue weighted by Crippen LogP contribution is -2.54. The van der Waals surface area contributed by atoms with Gasteiger partial charge in [-0.1, -0.05) is 26.0 Å². The summed E-state index contributed by atoms with van der Waals surface area (Å²) in [5, 5.41) is 0. The number of hydrogen-bond acceptors (Lipinski definition) is 3. The van der Waals surface area contributed by atoms with Crippen molar-refractivity contribution in [1.29, 1.82) is 0 Å². The van der Waals surface area contributed by atoms with Crippen molar-refractivity contribution in [3.8, 4) is 0 Å². The Labute approximate surface area is 127 Å². The SMILES string of the molecule is Cc1ccc(C)c(N2CCN(C(=O)[C@@H](N)C(C)C)CC2)c1. The number of nitrogens with two attached hydrogens (primary N) is 1. The summed E-state index contributed by atoms with van der Waals surface area (Å²) < 4.78 is 0. The first kappa shape index (κ1) is 15.8. The molecule has 1 heterocycles. The number of rotatable bonds is 3. The predicted octanol–water partition coefficient (Wildman–Crippen LogP) is 1.94. The average Bonchev–Trinajstić information content (AvgIpc) is 2.48. The Morgan fingerprint density at radius 2 is 1.76 bits per heavy atom. The molecule has 1 amide bonds. The van der Waals surface area contributed by atoms with Crippen LogP contribution in [0.3, 0.4) is 0 Å². The summed E-state index contributed by atoms with van der Waals surface area (Å²) in [5.41, 5.74) is 9.83. The van der Waals surface area contributed by atoms with E-state index in [4.69, 9.17) is 5.73 Å². The molecule has 1 aromatic rings. The van der Waals surface area contributed by atoms with Gasteiger partial charge in [0.2, 0.25) is 5.91 Å². The maximum Gasteiger partial charge on any atom is 0.239 e. The Hall–Kier alpha value is -1.55. The fourth-order valence-corrected chi connectivity index (χ4v) is 2.72. The molecule has 21 heavy (non-hydrogen) atoms. The molecule has 1 aliphatic rings. The Kier molecular flexibility index (Phi) is 4.88. The highest BCUT2D eigenvalue weighted by Crippen LogP contribution is 2.23. The zero-order chi connectivity index (χ0) is 15.6. The molecular weight excluding hydrogens is 262 g/mol. The maximum atomic E-state index is 12.3. The number of aryl methyl sites for hydroxylation is 2. The minimum atomic E-state index is -0.378. The number of hydrogen-bond donors (Lipinski definition) is 1. The molecule has 2 N–H and O–H groups in total. The van der Waals surface area contributed by atoms with Crippen molar-refractivity contribution in [3.63, 3.8) is 0 Å². The van der Waals surface area contributed by atoms with Gasteiger partial charge in [-0.2, -0.15) is 0 Å². The van der Waals surface area contributed by atoms with Crippen LogP contribution < -0.4 is 10.6 Å². The first-order valence-corrected chi connectivity index (χ1v) is 7.76. The van der Waals surface area contributed by atoms with Crippen molar-refractivity contribution in [1.82, 2.24) is 4.90 Å². The molecule has 0 radical (unpaired) electrons. The largest absolute Gasteiger partial charge is 0.368 e. The maximum absolute atomic E-state index is 12.3. The molecule has 0 spiro atoms. The van der Waals surface area contributed by atoms with Crippen LogP contribution in [0.15, 0.2) is 18.2 Å². The summed E-state index contributed by atoms with van der Waals surface area (Å²) in [4.78, 5) is 16.6. The smallest absolute Gasteiger partial charge is 0.239 e. The average molecular weight is 289 g/mol. The third-order valence-electron chi connectivity index (χ3n) is 4.30. The highest BCUT2D eigenvalue weighted by molar-refractivity contribution is 5.82. The zero-order valence-corrected chi connectivity index (χ0v) is 13.6. The number of anilines is 1. The summed E-state index contributed by atoms with van der Waals surface area (Å²) in [7, 11) is 0. The molecule has 1 saturated heterocycles. The second-order valence-electron chi connectivity index (χ2n) is 6.37. The first-order chi connectivity index (χ1) is 9.90. The van der Waals surface area contributed by atoms with Crippen molar-refractivity contribution in [2.75, 3.05) is 31.1 Å². The second-order valence-corrected chi connectivity index (χ2v) is 6.37. The lowest BCUT2D eigenvalue weighted by atomic mass is 10.0.